The number of thiol groups is 1. The topological polar surface area (TPSA) is 25.8 Å². The average molecular weight is 176 g/mol. The molecule has 1 aromatic carbocycles. The minimum atomic E-state index is 0.656. The van der Waals surface area contributed by atoms with E-state index in [9.17, 15) is 0 Å². The summed E-state index contributed by atoms with van der Waals surface area (Å²) in [4.78, 5) is 8.28. The zero-order chi connectivity index (χ0) is 8.39. The Morgan fingerprint density at radius 2 is 2.00 bits per heavy atom. The molecule has 0 bridgehead atoms. The molecule has 0 amide bonds. The molecule has 0 aliphatic carbocycles. The van der Waals surface area contributed by atoms with Crippen LogP contribution in [0.4, 0.5) is 0 Å². The van der Waals surface area contributed by atoms with Gasteiger partial charge in [-0.15, -0.1) is 0 Å². The lowest BCUT2D eigenvalue weighted by atomic mass is 10.2. The Balaban J connectivity index is 2.79. The number of para-hydroxylation sites is 1. The van der Waals surface area contributed by atoms with E-state index >= 15 is 0 Å². The maximum atomic E-state index is 4.20. The highest BCUT2D eigenvalue weighted by Gasteiger charge is 1.98. The molecule has 0 N–H and O–H groups in total. The number of benzene rings is 1. The van der Waals surface area contributed by atoms with Crippen LogP contribution in [0, 0.1) is 0 Å². The molecule has 3 heteroatoms. The molecular formula is C9H8N2S. The van der Waals surface area contributed by atoms with E-state index in [1.165, 1.54) is 0 Å². The third-order valence-electron chi connectivity index (χ3n) is 1.78. The van der Waals surface area contributed by atoms with E-state index in [0.29, 0.717) is 5.75 Å². The Morgan fingerprint density at radius 1 is 1.17 bits per heavy atom. The fourth-order valence-corrected chi connectivity index (χ4v) is 1.44. The van der Waals surface area contributed by atoms with Gasteiger partial charge in [-0.1, -0.05) is 18.2 Å². The molecule has 1 heterocycles. The van der Waals surface area contributed by atoms with E-state index in [2.05, 4.69) is 22.6 Å². The highest BCUT2D eigenvalue weighted by Crippen LogP contribution is 2.14. The van der Waals surface area contributed by atoms with Gasteiger partial charge in [0.05, 0.1) is 11.2 Å². The molecule has 12 heavy (non-hydrogen) atoms. The van der Waals surface area contributed by atoms with Crippen molar-refractivity contribution in [3.63, 3.8) is 0 Å². The van der Waals surface area contributed by atoms with Crippen LogP contribution in [0.15, 0.2) is 30.6 Å². The largest absolute Gasteiger partial charge is 0.240 e. The van der Waals surface area contributed by atoms with Crippen molar-refractivity contribution in [1.82, 2.24) is 9.97 Å². The van der Waals surface area contributed by atoms with Crippen LogP contribution in [0.2, 0.25) is 0 Å². The SMILES string of the molecule is SCc1ncnc2ccccc12. The predicted octanol–water partition coefficient (Wildman–Crippen LogP) is 2.06. The van der Waals surface area contributed by atoms with Crippen LogP contribution in [0.3, 0.4) is 0 Å². The Morgan fingerprint density at radius 3 is 2.83 bits per heavy atom. The van der Waals surface area contributed by atoms with Gasteiger partial charge in [-0.2, -0.15) is 12.6 Å². The molecule has 1 aromatic heterocycles. The average Bonchev–Trinajstić information content (AvgIpc) is 2.17. The first-order valence-corrected chi connectivity index (χ1v) is 4.34. The lowest BCUT2D eigenvalue weighted by Crippen LogP contribution is -1.89. The molecule has 0 aliphatic rings. The summed E-state index contributed by atoms with van der Waals surface area (Å²) in [5, 5.41) is 1.09. The number of rotatable bonds is 1. The first-order chi connectivity index (χ1) is 5.92. The molecule has 2 rings (SSSR count). The lowest BCUT2D eigenvalue weighted by Gasteiger charge is -1.99. The van der Waals surface area contributed by atoms with Gasteiger partial charge >= 0.3 is 0 Å². The van der Waals surface area contributed by atoms with Crippen molar-refractivity contribution in [3.8, 4) is 0 Å². The van der Waals surface area contributed by atoms with E-state index in [1.54, 1.807) is 6.33 Å². The van der Waals surface area contributed by atoms with Gasteiger partial charge < -0.3 is 0 Å². The van der Waals surface area contributed by atoms with E-state index in [4.69, 9.17) is 0 Å². The summed E-state index contributed by atoms with van der Waals surface area (Å²) in [6.45, 7) is 0. The third-order valence-corrected chi connectivity index (χ3v) is 2.07. The monoisotopic (exact) mass is 176 g/mol. The summed E-state index contributed by atoms with van der Waals surface area (Å²) in [5.74, 6) is 0.656. The maximum absolute atomic E-state index is 4.20. The summed E-state index contributed by atoms with van der Waals surface area (Å²) in [5.41, 5.74) is 1.97. The highest BCUT2D eigenvalue weighted by atomic mass is 32.1. The van der Waals surface area contributed by atoms with Crippen LogP contribution >= 0.6 is 12.6 Å². The van der Waals surface area contributed by atoms with Crippen molar-refractivity contribution in [1.29, 1.82) is 0 Å². The van der Waals surface area contributed by atoms with Crippen molar-refractivity contribution in [2.45, 2.75) is 5.75 Å². The first kappa shape index (κ1) is 7.55. The standard InChI is InChI=1S/C9H8N2S/c12-5-9-7-3-1-2-4-8(7)10-6-11-9/h1-4,6,12H,5H2. The van der Waals surface area contributed by atoms with Gasteiger partial charge in [0.1, 0.15) is 6.33 Å². The summed E-state index contributed by atoms with van der Waals surface area (Å²) in [6.07, 6.45) is 1.58. The molecule has 0 spiro atoms. The quantitative estimate of drug-likeness (QED) is 0.673. The van der Waals surface area contributed by atoms with Gasteiger partial charge in [0.25, 0.3) is 0 Å². The van der Waals surface area contributed by atoms with Crippen LogP contribution in [0.25, 0.3) is 10.9 Å². The van der Waals surface area contributed by atoms with E-state index in [0.717, 1.165) is 16.6 Å². The molecule has 2 aromatic rings. The summed E-state index contributed by atoms with van der Waals surface area (Å²) >= 11 is 4.20. The number of hydrogen-bond acceptors (Lipinski definition) is 3. The predicted molar refractivity (Wildman–Crippen MR) is 52.2 cm³/mol. The second-order valence-corrected chi connectivity index (χ2v) is 2.81. The summed E-state index contributed by atoms with van der Waals surface area (Å²) in [6, 6.07) is 7.95. The smallest absolute Gasteiger partial charge is 0.116 e. The van der Waals surface area contributed by atoms with E-state index < -0.39 is 0 Å². The van der Waals surface area contributed by atoms with Crippen LogP contribution < -0.4 is 0 Å². The van der Waals surface area contributed by atoms with Gasteiger partial charge in [-0.3, -0.25) is 0 Å². The van der Waals surface area contributed by atoms with Crippen molar-refractivity contribution in [2.75, 3.05) is 0 Å². The number of fused-ring (bicyclic) bond motifs is 1. The van der Waals surface area contributed by atoms with Gasteiger partial charge in [0.15, 0.2) is 0 Å². The number of hydrogen-bond donors (Lipinski definition) is 1. The number of nitrogens with zero attached hydrogens (tertiary/aromatic N) is 2. The second-order valence-electron chi connectivity index (χ2n) is 2.50. The molecule has 60 valence electrons. The zero-order valence-electron chi connectivity index (χ0n) is 6.44. The molecule has 0 radical (unpaired) electrons. The maximum Gasteiger partial charge on any atom is 0.116 e. The normalized spacial score (nSPS) is 10.4. The van der Waals surface area contributed by atoms with Crippen molar-refractivity contribution in [2.24, 2.45) is 0 Å². The Bertz CT molecular complexity index is 395. The molecule has 0 fully saturated rings. The van der Waals surface area contributed by atoms with Crippen molar-refractivity contribution in [3.05, 3.63) is 36.3 Å². The molecule has 0 saturated heterocycles. The fourth-order valence-electron chi connectivity index (χ4n) is 1.19. The molecule has 0 atom stereocenters. The van der Waals surface area contributed by atoms with Crippen LogP contribution in [-0.4, -0.2) is 9.97 Å². The van der Waals surface area contributed by atoms with Crippen molar-refractivity contribution >= 4 is 23.5 Å². The van der Waals surface area contributed by atoms with E-state index in [-0.39, 0.29) is 0 Å². The molecular weight excluding hydrogens is 168 g/mol. The number of aromatic nitrogens is 2. The van der Waals surface area contributed by atoms with E-state index in [1.807, 2.05) is 24.3 Å². The fraction of sp³-hybridized carbons (Fsp3) is 0.111. The zero-order valence-corrected chi connectivity index (χ0v) is 7.33. The summed E-state index contributed by atoms with van der Waals surface area (Å²) in [7, 11) is 0. The second kappa shape index (κ2) is 3.11. The molecule has 0 unspecified atom stereocenters. The Labute approximate surface area is 76.1 Å². The van der Waals surface area contributed by atoms with Gasteiger partial charge in [0.2, 0.25) is 0 Å². The lowest BCUT2D eigenvalue weighted by molar-refractivity contribution is 1.14. The van der Waals surface area contributed by atoms with Crippen LogP contribution in [0.1, 0.15) is 5.69 Å². The Kier molecular flexibility index (Phi) is 1.96. The van der Waals surface area contributed by atoms with Gasteiger partial charge in [0, 0.05) is 11.1 Å². The molecule has 0 saturated carbocycles. The molecule has 2 nitrogen and oxygen atoms in total. The van der Waals surface area contributed by atoms with Crippen molar-refractivity contribution < 1.29 is 0 Å². The first-order valence-electron chi connectivity index (χ1n) is 3.71. The highest BCUT2D eigenvalue weighted by molar-refractivity contribution is 7.79. The molecule has 0 aliphatic heterocycles. The Hall–Kier alpha value is -1.09. The minimum Gasteiger partial charge on any atom is -0.240 e. The van der Waals surface area contributed by atoms with Crippen LogP contribution in [0.5, 0.6) is 0 Å². The van der Waals surface area contributed by atoms with Gasteiger partial charge in [-0.05, 0) is 6.07 Å². The summed E-state index contributed by atoms with van der Waals surface area (Å²) < 4.78 is 0. The third kappa shape index (κ3) is 1.16. The van der Waals surface area contributed by atoms with Crippen LogP contribution in [-0.2, 0) is 5.75 Å². The minimum absolute atomic E-state index is 0.656. The van der Waals surface area contributed by atoms with Gasteiger partial charge in [-0.25, -0.2) is 9.97 Å².